The highest BCUT2D eigenvalue weighted by Crippen LogP contribution is 2.10. The average molecular weight is 218 g/mol. The third kappa shape index (κ3) is 3.08. The Morgan fingerprint density at radius 1 is 1.64 bits per heavy atom. The lowest BCUT2D eigenvalue weighted by Gasteiger charge is -2.24. The Balaban J connectivity index is 2.59. The summed E-state index contributed by atoms with van der Waals surface area (Å²) < 4.78 is 26.1. The fourth-order valence-corrected chi connectivity index (χ4v) is 3.11. The lowest BCUT2D eigenvalue weighted by Crippen LogP contribution is -2.46. The smallest absolute Gasteiger partial charge is 0.216 e. The molecule has 0 saturated carbocycles. The van der Waals surface area contributed by atoms with E-state index in [1.54, 1.807) is 13.0 Å². The topological polar surface area (TPSA) is 58.2 Å². The Morgan fingerprint density at radius 3 is 2.86 bits per heavy atom. The van der Waals surface area contributed by atoms with Crippen LogP contribution in [0.3, 0.4) is 0 Å². The third-order valence-electron chi connectivity index (χ3n) is 2.39. The van der Waals surface area contributed by atoms with E-state index in [1.165, 1.54) is 0 Å². The summed E-state index contributed by atoms with van der Waals surface area (Å²) in [6, 6.07) is -0.193. The van der Waals surface area contributed by atoms with Gasteiger partial charge in [0, 0.05) is 12.6 Å². The van der Waals surface area contributed by atoms with Gasteiger partial charge in [0.2, 0.25) is 10.0 Å². The summed E-state index contributed by atoms with van der Waals surface area (Å²) >= 11 is 0. The van der Waals surface area contributed by atoms with Crippen LogP contribution in [0.2, 0.25) is 0 Å². The molecule has 0 aromatic heterocycles. The molecule has 0 spiro atoms. The zero-order chi connectivity index (χ0) is 10.6. The van der Waals surface area contributed by atoms with Crippen LogP contribution >= 0.6 is 0 Å². The molecule has 0 aromatic rings. The minimum absolute atomic E-state index is 0.193. The molecule has 5 heteroatoms. The van der Waals surface area contributed by atoms with E-state index >= 15 is 0 Å². The van der Waals surface area contributed by atoms with E-state index in [0.29, 0.717) is 6.54 Å². The molecule has 4 nitrogen and oxygen atoms in total. The van der Waals surface area contributed by atoms with Gasteiger partial charge in [0.15, 0.2) is 0 Å². The predicted molar refractivity (Wildman–Crippen MR) is 57.6 cm³/mol. The summed E-state index contributed by atoms with van der Waals surface area (Å²) in [4.78, 5) is 0. The highest BCUT2D eigenvalue weighted by atomic mass is 32.2. The van der Waals surface area contributed by atoms with E-state index in [0.717, 1.165) is 19.4 Å². The Morgan fingerprint density at radius 2 is 2.36 bits per heavy atom. The largest absolute Gasteiger partial charge is 0.315 e. The molecule has 14 heavy (non-hydrogen) atoms. The van der Waals surface area contributed by atoms with Crippen molar-refractivity contribution >= 4 is 10.0 Å². The van der Waals surface area contributed by atoms with Crippen LogP contribution in [0.15, 0.2) is 12.7 Å². The second-order valence-corrected chi connectivity index (χ2v) is 5.65. The maximum absolute atomic E-state index is 11.8. The van der Waals surface area contributed by atoms with E-state index in [4.69, 9.17) is 0 Å². The summed E-state index contributed by atoms with van der Waals surface area (Å²) in [6.45, 7) is 6.80. The third-order valence-corrected chi connectivity index (χ3v) is 4.37. The first kappa shape index (κ1) is 11.7. The molecule has 82 valence electrons. The number of piperidine rings is 1. The summed E-state index contributed by atoms with van der Waals surface area (Å²) in [7, 11) is -3.18. The van der Waals surface area contributed by atoms with Gasteiger partial charge in [-0.2, -0.15) is 0 Å². The zero-order valence-electron chi connectivity index (χ0n) is 8.49. The van der Waals surface area contributed by atoms with Crippen LogP contribution < -0.4 is 10.0 Å². The van der Waals surface area contributed by atoms with Gasteiger partial charge in [-0.05, 0) is 26.3 Å². The van der Waals surface area contributed by atoms with Gasteiger partial charge in [0.05, 0.1) is 5.25 Å². The van der Waals surface area contributed by atoms with Crippen LogP contribution in [-0.2, 0) is 10.0 Å². The van der Waals surface area contributed by atoms with Crippen molar-refractivity contribution in [2.75, 3.05) is 13.1 Å². The molecule has 1 heterocycles. The molecule has 2 N–H and O–H groups in total. The van der Waals surface area contributed by atoms with Gasteiger partial charge in [0.25, 0.3) is 0 Å². The molecule has 1 rings (SSSR count). The van der Waals surface area contributed by atoms with Crippen LogP contribution in [-0.4, -0.2) is 32.8 Å². The van der Waals surface area contributed by atoms with Gasteiger partial charge in [0.1, 0.15) is 0 Å². The van der Waals surface area contributed by atoms with E-state index < -0.39 is 10.0 Å². The molecule has 1 aliphatic rings. The Kier molecular flexibility index (Phi) is 4.10. The van der Waals surface area contributed by atoms with Crippen LogP contribution in [0.1, 0.15) is 19.8 Å². The number of hydrogen-bond acceptors (Lipinski definition) is 3. The van der Waals surface area contributed by atoms with Gasteiger partial charge in [-0.1, -0.05) is 6.08 Å². The van der Waals surface area contributed by atoms with Gasteiger partial charge in [-0.3, -0.25) is 0 Å². The van der Waals surface area contributed by atoms with E-state index in [-0.39, 0.29) is 11.3 Å². The fraction of sp³-hybridized carbons (Fsp3) is 0.778. The molecule has 1 aliphatic heterocycles. The lowest BCUT2D eigenvalue weighted by molar-refractivity contribution is 0.488. The van der Waals surface area contributed by atoms with Crippen LogP contribution in [0.25, 0.3) is 0 Å². The first-order valence-corrected chi connectivity index (χ1v) is 6.45. The van der Waals surface area contributed by atoms with Crippen molar-refractivity contribution in [2.45, 2.75) is 31.1 Å². The molecule has 2 unspecified atom stereocenters. The summed E-state index contributed by atoms with van der Waals surface area (Å²) in [5, 5.41) is 2.79. The molecule has 0 aromatic carbocycles. The predicted octanol–water partition coefficient (Wildman–Crippen LogP) is 0.232. The summed E-state index contributed by atoms with van der Waals surface area (Å²) in [5.41, 5.74) is 0. The van der Waals surface area contributed by atoms with E-state index in [9.17, 15) is 8.42 Å². The number of sulfonamides is 1. The van der Waals surface area contributed by atoms with Crippen molar-refractivity contribution in [3.8, 4) is 0 Å². The van der Waals surface area contributed by atoms with E-state index in [1.807, 2.05) is 0 Å². The summed E-state index contributed by atoms with van der Waals surface area (Å²) in [5.74, 6) is 0. The van der Waals surface area contributed by atoms with E-state index in [2.05, 4.69) is 16.6 Å². The Hall–Kier alpha value is -0.390. The number of rotatable bonds is 4. The minimum atomic E-state index is -3.18. The second kappa shape index (κ2) is 4.91. The minimum Gasteiger partial charge on any atom is -0.315 e. The maximum Gasteiger partial charge on any atom is 0.216 e. The van der Waals surface area contributed by atoms with Crippen molar-refractivity contribution < 1.29 is 8.42 Å². The van der Waals surface area contributed by atoms with Crippen LogP contribution in [0, 0.1) is 0 Å². The first-order chi connectivity index (χ1) is 6.56. The van der Waals surface area contributed by atoms with Gasteiger partial charge < -0.3 is 5.32 Å². The fourth-order valence-electron chi connectivity index (χ4n) is 1.49. The van der Waals surface area contributed by atoms with Crippen molar-refractivity contribution in [3.05, 3.63) is 12.7 Å². The quantitative estimate of drug-likeness (QED) is 0.664. The molecular formula is C9H18N2O2S. The summed E-state index contributed by atoms with van der Waals surface area (Å²) in [6.07, 6.45) is 3.26. The molecule has 0 bridgehead atoms. The molecule has 2 atom stereocenters. The Bertz CT molecular complexity index is 281. The van der Waals surface area contributed by atoms with Crippen molar-refractivity contribution in [1.29, 1.82) is 0 Å². The van der Waals surface area contributed by atoms with Crippen molar-refractivity contribution in [1.82, 2.24) is 10.0 Å². The number of nitrogens with one attached hydrogen (secondary N) is 2. The van der Waals surface area contributed by atoms with Crippen molar-refractivity contribution in [3.63, 3.8) is 0 Å². The zero-order valence-corrected chi connectivity index (χ0v) is 9.31. The van der Waals surface area contributed by atoms with Crippen LogP contribution in [0.4, 0.5) is 0 Å². The van der Waals surface area contributed by atoms with Gasteiger partial charge in [-0.15, -0.1) is 6.58 Å². The highest BCUT2D eigenvalue weighted by Gasteiger charge is 2.27. The lowest BCUT2D eigenvalue weighted by atomic mass is 10.2. The van der Waals surface area contributed by atoms with Crippen molar-refractivity contribution in [2.24, 2.45) is 0 Å². The first-order valence-electron chi connectivity index (χ1n) is 4.90. The van der Waals surface area contributed by atoms with Gasteiger partial charge in [-0.25, -0.2) is 13.1 Å². The maximum atomic E-state index is 11.8. The normalized spacial score (nSPS) is 25.6. The number of hydrogen-bond donors (Lipinski definition) is 2. The molecule has 0 aliphatic carbocycles. The molecule has 1 saturated heterocycles. The second-order valence-electron chi connectivity index (χ2n) is 3.66. The highest BCUT2D eigenvalue weighted by molar-refractivity contribution is 7.90. The standard InChI is InChI=1S/C9H18N2O2S/c1-3-8(2)11-14(12,13)9-5-4-6-10-7-9/h3,8-11H,1,4-7H2,2H3. The van der Waals surface area contributed by atoms with Gasteiger partial charge >= 0.3 is 0 Å². The average Bonchev–Trinajstić information content (AvgIpc) is 2.18. The van der Waals surface area contributed by atoms with Crippen LogP contribution in [0.5, 0.6) is 0 Å². The SMILES string of the molecule is C=CC(C)NS(=O)(=O)C1CCCNC1. The Labute approximate surface area is 85.8 Å². The monoisotopic (exact) mass is 218 g/mol. The molecular weight excluding hydrogens is 200 g/mol. The molecule has 0 radical (unpaired) electrons. The molecule has 1 fully saturated rings. The molecule has 0 amide bonds.